The first-order valence-corrected chi connectivity index (χ1v) is 7.11. The molecule has 6 heteroatoms. The Hall–Kier alpha value is -0.640. The van der Waals surface area contributed by atoms with Gasteiger partial charge in [-0.25, -0.2) is 0 Å². The fourth-order valence-corrected chi connectivity index (χ4v) is 2.47. The van der Waals surface area contributed by atoms with Crippen molar-refractivity contribution in [2.45, 2.75) is 35.7 Å². The lowest BCUT2D eigenvalue weighted by molar-refractivity contribution is -0.126. The van der Waals surface area contributed by atoms with Crippen molar-refractivity contribution in [2.75, 3.05) is 0 Å². The molecule has 1 amide bonds. The molecule has 0 saturated heterocycles. The summed E-state index contributed by atoms with van der Waals surface area (Å²) < 4.78 is 3.91. The highest BCUT2D eigenvalue weighted by molar-refractivity contribution is 6.76. The predicted octanol–water partition coefficient (Wildman–Crippen LogP) is 3.78. The van der Waals surface area contributed by atoms with Crippen LogP contribution >= 0.6 is 34.8 Å². The van der Waals surface area contributed by atoms with Crippen LogP contribution in [-0.2, 0) is 4.79 Å². The molecule has 2 atom stereocenters. The van der Waals surface area contributed by atoms with Crippen LogP contribution in [0.15, 0.2) is 24.3 Å². The second-order valence-corrected chi connectivity index (χ2v) is 6.84. The van der Waals surface area contributed by atoms with Crippen LogP contribution in [-0.4, -0.2) is 15.4 Å². The molecule has 0 spiro atoms. The van der Waals surface area contributed by atoms with Gasteiger partial charge < -0.3 is 10.1 Å². The minimum atomic E-state index is -2.00. The van der Waals surface area contributed by atoms with Crippen molar-refractivity contribution in [1.82, 2.24) is 5.32 Å². The molecule has 1 aliphatic rings. The van der Waals surface area contributed by atoms with E-state index in [1.165, 1.54) is 0 Å². The lowest BCUT2D eigenvalue weighted by Crippen LogP contribution is -2.56. The van der Waals surface area contributed by atoms with E-state index >= 15 is 0 Å². The third-order valence-corrected chi connectivity index (χ3v) is 4.00. The summed E-state index contributed by atoms with van der Waals surface area (Å²) in [6, 6.07) is 7.65. The number of amides is 1. The van der Waals surface area contributed by atoms with Gasteiger partial charge in [-0.1, -0.05) is 66.8 Å². The van der Waals surface area contributed by atoms with Crippen molar-refractivity contribution in [2.24, 2.45) is 0 Å². The standard InChI is InChI=1S/C13H14Cl3NO2/c1-3-12(17-11(18)13(14,15)16)8(2)9-6-4-5-7-10(9)19-12/h4-8H,3H2,1-2H3,(H,17,18). The monoisotopic (exact) mass is 321 g/mol. The third-order valence-electron chi connectivity index (χ3n) is 3.48. The SMILES string of the molecule is CCC1(NC(=O)C(Cl)(Cl)Cl)Oc2ccccc2C1C. The number of para-hydroxylation sites is 1. The number of rotatable bonds is 2. The predicted molar refractivity (Wildman–Crippen MR) is 76.9 cm³/mol. The van der Waals surface area contributed by atoms with Crippen LogP contribution in [0, 0.1) is 0 Å². The number of hydrogen-bond donors (Lipinski definition) is 1. The van der Waals surface area contributed by atoms with E-state index in [2.05, 4.69) is 5.32 Å². The second kappa shape index (κ2) is 5.04. The summed E-state index contributed by atoms with van der Waals surface area (Å²) in [6.07, 6.45) is 0.565. The number of hydrogen-bond acceptors (Lipinski definition) is 2. The second-order valence-electron chi connectivity index (χ2n) is 4.56. The van der Waals surface area contributed by atoms with Gasteiger partial charge in [0, 0.05) is 17.9 Å². The highest BCUT2D eigenvalue weighted by Gasteiger charge is 2.48. The third kappa shape index (κ3) is 2.64. The fraction of sp³-hybridized carbons (Fsp3) is 0.462. The first-order chi connectivity index (χ1) is 8.80. The molecule has 104 valence electrons. The van der Waals surface area contributed by atoms with E-state index in [-0.39, 0.29) is 5.92 Å². The van der Waals surface area contributed by atoms with Crippen LogP contribution in [0.25, 0.3) is 0 Å². The summed E-state index contributed by atoms with van der Waals surface area (Å²) in [5, 5.41) is 2.72. The summed E-state index contributed by atoms with van der Waals surface area (Å²) >= 11 is 16.8. The summed E-state index contributed by atoms with van der Waals surface area (Å²) in [4.78, 5) is 11.9. The zero-order valence-corrected chi connectivity index (χ0v) is 12.8. The summed E-state index contributed by atoms with van der Waals surface area (Å²) in [7, 11) is 0. The summed E-state index contributed by atoms with van der Waals surface area (Å²) in [5.74, 6) is 0.0467. The van der Waals surface area contributed by atoms with Crippen LogP contribution in [0.5, 0.6) is 5.75 Å². The summed E-state index contributed by atoms with van der Waals surface area (Å²) in [5.41, 5.74) is 0.166. The van der Waals surface area contributed by atoms with E-state index < -0.39 is 15.4 Å². The molecule has 0 radical (unpaired) electrons. The zero-order valence-electron chi connectivity index (χ0n) is 10.5. The van der Waals surface area contributed by atoms with Crippen molar-refractivity contribution in [3.8, 4) is 5.75 Å². The molecule has 1 aliphatic heterocycles. The average molecular weight is 323 g/mol. The minimum Gasteiger partial charge on any atom is -0.467 e. The van der Waals surface area contributed by atoms with Crippen molar-refractivity contribution in [3.05, 3.63) is 29.8 Å². The van der Waals surface area contributed by atoms with Gasteiger partial charge in [0.2, 0.25) is 0 Å². The quantitative estimate of drug-likeness (QED) is 0.842. The van der Waals surface area contributed by atoms with Crippen LogP contribution in [0.2, 0.25) is 0 Å². The molecular weight excluding hydrogens is 309 g/mol. The molecule has 19 heavy (non-hydrogen) atoms. The van der Waals surface area contributed by atoms with Crippen LogP contribution in [0.1, 0.15) is 31.7 Å². The van der Waals surface area contributed by atoms with Crippen LogP contribution in [0.3, 0.4) is 0 Å². The van der Waals surface area contributed by atoms with Crippen molar-refractivity contribution >= 4 is 40.7 Å². The number of benzene rings is 1. The molecule has 1 aromatic carbocycles. The number of carbonyl (C=O) groups is 1. The number of fused-ring (bicyclic) bond motifs is 1. The summed E-state index contributed by atoms with van der Waals surface area (Å²) in [6.45, 7) is 3.90. The van der Waals surface area contributed by atoms with E-state index in [1.54, 1.807) is 0 Å². The highest BCUT2D eigenvalue weighted by Crippen LogP contribution is 2.45. The molecule has 0 saturated carbocycles. The Balaban J connectivity index is 2.30. The van der Waals surface area contributed by atoms with Crippen LogP contribution < -0.4 is 10.1 Å². The Labute approximate surface area is 127 Å². The van der Waals surface area contributed by atoms with Gasteiger partial charge in [0.1, 0.15) is 5.75 Å². The zero-order chi connectivity index (χ0) is 14.3. The van der Waals surface area contributed by atoms with E-state index in [1.807, 2.05) is 38.1 Å². The molecule has 0 bridgehead atoms. The van der Waals surface area contributed by atoms with Gasteiger partial charge in [-0.3, -0.25) is 4.79 Å². The number of nitrogens with one attached hydrogen (secondary N) is 1. The van der Waals surface area contributed by atoms with Crippen molar-refractivity contribution in [1.29, 1.82) is 0 Å². The number of ether oxygens (including phenoxy) is 1. The van der Waals surface area contributed by atoms with Crippen molar-refractivity contribution in [3.63, 3.8) is 0 Å². The van der Waals surface area contributed by atoms with E-state index in [4.69, 9.17) is 39.5 Å². The Bertz CT molecular complexity index is 501. The molecule has 2 unspecified atom stereocenters. The normalized spacial score (nSPS) is 25.6. The van der Waals surface area contributed by atoms with Gasteiger partial charge in [0.05, 0.1) is 0 Å². The number of carbonyl (C=O) groups excluding carboxylic acids is 1. The Morgan fingerprint density at radius 1 is 1.42 bits per heavy atom. The lowest BCUT2D eigenvalue weighted by Gasteiger charge is -2.34. The van der Waals surface area contributed by atoms with Gasteiger partial charge in [0.25, 0.3) is 9.70 Å². The largest absolute Gasteiger partial charge is 0.467 e. The average Bonchev–Trinajstić information content (AvgIpc) is 2.63. The topological polar surface area (TPSA) is 38.3 Å². The fourth-order valence-electron chi connectivity index (χ4n) is 2.33. The molecule has 1 heterocycles. The van der Waals surface area contributed by atoms with Crippen LogP contribution in [0.4, 0.5) is 0 Å². The van der Waals surface area contributed by atoms with E-state index in [0.717, 1.165) is 11.3 Å². The first kappa shape index (κ1) is 14.8. The first-order valence-electron chi connectivity index (χ1n) is 5.97. The minimum absolute atomic E-state index is 0.0231. The van der Waals surface area contributed by atoms with E-state index in [9.17, 15) is 4.79 Å². The number of halogens is 3. The molecule has 0 aliphatic carbocycles. The smallest absolute Gasteiger partial charge is 0.275 e. The van der Waals surface area contributed by atoms with Crippen molar-refractivity contribution < 1.29 is 9.53 Å². The molecule has 3 nitrogen and oxygen atoms in total. The molecule has 2 rings (SSSR count). The van der Waals surface area contributed by atoms with Gasteiger partial charge in [-0.05, 0) is 6.07 Å². The Kier molecular flexibility index (Phi) is 3.92. The van der Waals surface area contributed by atoms with Gasteiger partial charge in [0.15, 0.2) is 5.72 Å². The maximum Gasteiger partial charge on any atom is 0.275 e. The maximum atomic E-state index is 11.9. The Morgan fingerprint density at radius 3 is 2.58 bits per heavy atom. The Morgan fingerprint density at radius 2 is 2.05 bits per heavy atom. The molecule has 0 fully saturated rings. The number of alkyl halides is 3. The van der Waals surface area contributed by atoms with E-state index in [0.29, 0.717) is 6.42 Å². The molecular formula is C13H14Cl3NO2. The molecule has 1 aromatic rings. The molecule has 0 aromatic heterocycles. The maximum absolute atomic E-state index is 11.9. The molecule has 1 N–H and O–H groups in total. The lowest BCUT2D eigenvalue weighted by atomic mass is 9.90. The van der Waals surface area contributed by atoms with Gasteiger partial charge >= 0.3 is 0 Å². The van der Waals surface area contributed by atoms with Gasteiger partial charge in [-0.15, -0.1) is 0 Å². The highest BCUT2D eigenvalue weighted by atomic mass is 35.6. The van der Waals surface area contributed by atoms with Gasteiger partial charge in [-0.2, -0.15) is 0 Å².